The van der Waals surface area contributed by atoms with E-state index < -0.39 is 18.0 Å². The molecule has 0 radical (unpaired) electrons. The van der Waals surface area contributed by atoms with Gasteiger partial charge in [-0.1, -0.05) is 48.5 Å². The van der Waals surface area contributed by atoms with E-state index in [0.717, 1.165) is 11.1 Å². The lowest BCUT2D eigenvalue weighted by Crippen LogP contribution is -2.31. The van der Waals surface area contributed by atoms with Gasteiger partial charge in [0.05, 0.1) is 17.7 Å². The summed E-state index contributed by atoms with van der Waals surface area (Å²) in [5.74, 6) is -2.21. The molecule has 0 aliphatic heterocycles. The van der Waals surface area contributed by atoms with E-state index >= 15 is 0 Å². The van der Waals surface area contributed by atoms with Gasteiger partial charge in [0, 0.05) is 28.7 Å². The number of Topliss-reactive ketones (excluding diaryl/α,β-unsaturated/α-hetero) is 1. The Morgan fingerprint density at radius 3 is 2.17 bits per heavy atom. The van der Waals surface area contributed by atoms with Crippen LogP contribution < -0.4 is 5.32 Å². The summed E-state index contributed by atoms with van der Waals surface area (Å²) in [6.45, 7) is 5.26. The number of benzene rings is 3. The Labute approximate surface area is 208 Å². The molecule has 7 nitrogen and oxygen atoms in total. The van der Waals surface area contributed by atoms with Crippen molar-refractivity contribution in [3.63, 3.8) is 0 Å². The molecule has 1 amide bonds. The molecular formula is C29H25NO6. The van der Waals surface area contributed by atoms with E-state index in [9.17, 15) is 24.0 Å². The highest BCUT2D eigenvalue weighted by Gasteiger charge is 2.32. The number of carbonyl (C=O) groups excluding carboxylic acids is 5. The van der Waals surface area contributed by atoms with Crippen LogP contribution in [-0.2, 0) is 14.3 Å². The summed E-state index contributed by atoms with van der Waals surface area (Å²) in [5, 5.41) is 2.60. The number of aryl methyl sites for hydroxylation is 2. The van der Waals surface area contributed by atoms with Crippen molar-refractivity contribution < 1.29 is 28.7 Å². The second-order valence-corrected chi connectivity index (χ2v) is 8.78. The second kappa shape index (κ2) is 10.1. The number of hydrogen-bond donors (Lipinski definition) is 1. The first-order valence-electron chi connectivity index (χ1n) is 11.6. The standard InChI is InChI=1S/C29H25NO6/c1-16-11-12-19(15-17(16)2)24(31)13-14-25(32)36-18(3)29(35)30-23-10-6-9-22-26(23)28(34)21-8-5-4-7-20(21)27(22)33/h4-12,15,18H,13-14H2,1-3H3,(H,30,35). The predicted octanol–water partition coefficient (Wildman–Crippen LogP) is 4.61. The zero-order chi connectivity index (χ0) is 26.0. The molecule has 0 saturated heterocycles. The number of ether oxygens (including phenoxy) is 1. The van der Waals surface area contributed by atoms with Gasteiger partial charge in [-0.15, -0.1) is 0 Å². The molecule has 4 rings (SSSR count). The lowest BCUT2D eigenvalue weighted by Gasteiger charge is -2.21. The summed E-state index contributed by atoms with van der Waals surface area (Å²) in [7, 11) is 0. The first-order valence-corrected chi connectivity index (χ1v) is 11.6. The highest BCUT2D eigenvalue weighted by Crippen LogP contribution is 2.32. The Morgan fingerprint density at radius 1 is 0.806 bits per heavy atom. The molecule has 3 aromatic rings. The molecule has 1 aliphatic rings. The third-order valence-corrected chi connectivity index (χ3v) is 6.27. The van der Waals surface area contributed by atoms with Gasteiger partial charge >= 0.3 is 5.97 Å². The number of fused-ring (bicyclic) bond motifs is 2. The van der Waals surface area contributed by atoms with E-state index in [-0.39, 0.29) is 52.6 Å². The minimum absolute atomic E-state index is 0.0438. The van der Waals surface area contributed by atoms with Crippen LogP contribution in [0.25, 0.3) is 0 Å². The molecule has 0 saturated carbocycles. The molecule has 0 heterocycles. The molecule has 0 aromatic heterocycles. The van der Waals surface area contributed by atoms with Gasteiger partial charge in [-0.25, -0.2) is 0 Å². The number of esters is 1. The van der Waals surface area contributed by atoms with Crippen LogP contribution >= 0.6 is 0 Å². The van der Waals surface area contributed by atoms with Crippen molar-refractivity contribution in [1.29, 1.82) is 0 Å². The number of carbonyl (C=O) groups is 5. The summed E-state index contributed by atoms with van der Waals surface area (Å²) in [6.07, 6.45) is -1.39. The van der Waals surface area contributed by atoms with Crippen LogP contribution in [0.5, 0.6) is 0 Å². The van der Waals surface area contributed by atoms with Gasteiger partial charge in [0.2, 0.25) is 0 Å². The monoisotopic (exact) mass is 483 g/mol. The van der Waals surface area contributed by atoms with Crippen LogP contribution in [0.2, 0.25) is 0 Å². The van der Waals surface area contributed by atoms with E-state index in [1.54, 1.807) is 42.5 Å². The number of anilines is 1. The van der Waals surface area contributed by atoms with Crippen molar-refractivity contribution in [1.82, 2.24) is 0 Å². The number of hydrogen-bond acceptors (Lipinski definition) is 6. The molecule has 1 unspecified atom stereocenters. The third-order valence-electron chi connectivity index (χ3n) is 6.27. The summed E-state index contributed by atoms with van der Waals surface area (Å²) in [5.41, 5.74) is 3.63. The highest BCUT2D eigenvalue weighted by atomic mass is 16.5. The van der Waals surface area contributed by atoms with Crippen molar-refractivity contribution in [2.24, 2.45) is 0 Å². The SMILES string of the molecule is Cc1ccc(C(=O)CCC(=O)OC(C)C(=O)Nc2cccc3c2C(=O)c2ccccc2C3=O)cc1C. The normalized spacial score (nSPS) is 12.9. The van der Waals surface area contributed by atoms with E-state index in [1.165, 1.54) is 19.1 Å². The van der Waals surface area contributed by atoms with Gasteiger partial charge in [0.1, 0.15) is 0 Å². The second-order valence-electron chi connectivity index (χ2n) is 8.78. The van der Waals surface area contributed by atoms with Crippen molar-refractivity contribution >= 4 is 34.9 Å². The topological polar surface area (TPSA) is 107 Å². The van der Waals surface area contributed by atoms with E-state index in [1.807, 2.05) is 19.9 Å². The maximum atomic E-state index is 13.1. The summed E-state index contributed by atoms with van der Waals surface area (Å²) < 4.78 is 5.21. The van der Waals surface area contributed by atoms with Gasteiger partial charge in [-0.05, 0) is 44.0 Å². The zero-order valence-corrected chi connectivity index (χ0v) is 20.2. The molecule has 7 heteroatoms. The highest BCUT2D eigenvalue weighted by molar-refractivity contribution is 6.30. The Kier molecular flexibility index (Phi) is 6.92. The average Bonchev–Trinajstić information content (AvgIpc) is 2.87. The molecule has 0 bridgehead atoms. The Morgan fingerprint density at radius 2 is 1.47 bits per heavy atom. The maximum absolute atomic E-state index is 13.1. The molecule has 3 aromatic carbocycles. The molecular weight excluding hydrogens is 458 g/mol. The number of amides is 1. The smallest absolute Gasteiger partial charge is 0.307 e. The van der Waals surface area contributed by atoms with Crippen LogP contribution in [0, 0.1) is 13.8 Å². The van der Waals surface area contributed by atoms with Crippen molar-refractivity contribution in [2.45, 2.75) is 39.7 Å². The van der Waals surface area contributed by atoms with Crippen LogP contribution in [-0.4, -0.2) is 35.3 Å². The molecule has 1 aliphatic carbocycles. The first kappa shape index (κ1) is 24.7. The van der Waals surface area contributed by atoms with Gasteiger partial charge < -0.3 is 10.1 Å². The molecule has 36 heavy (non-hydrogen) atoms. The number of ketones is 3. The maximum Gasteiger partial charge on any atom is 0.307 e. The van der Waals surface area contributed by atoms with Crippen molar-refractivity contribution in [3.8, 4) is 0 Å². The number of rotatable bonds is 7. The zero-order valence-electron chi connectivity index (χ0n) is 20.2. The van der Waals surface area contributed by atoms with Crippen LogP contribution in [0.1, 0.15) is 73.1 Å². The first-order chi connectivity index (χ1) is 17.2. The fourth-order valence-electron chi connectivity index (χ4n) is 4.07. The quantitative estimate of drug-likeness (QED) is 0.304. The fourth-order valence-corrected chi connectivity index (χ4v) is 4.07. The van der Waals surface area contributed by atoms with Gasteiger partial charge in [0.15, 0.2) is 23.5 Å². The Bertz CT molecular complexity index is 1420. The molecule has 0 fully saturated rings. The molecule has 182 valence electrons. The average molecular weight is 484 g/mol. The number of nitrogens with one attached hydrogen (secondary N) is 1. The third kappa shape index (κ3) is 4.86. The van der Waals surface area contributed by atoms with Crippen LogP contribution in [0.4, 0.5) is 5.69 Å². The molecule has 1 atom stereocenters. The predicted molar refractivity (Wildman–Crippen MR) is 133 cm³/mol. The van der Waals surface area contributed by atoms with E-state index in [0.29, 0.717) is 11.1 Å². The fraction of sp³-hybridized carbons (Fsp3) is 0.207. The van der Waals surface area contributed by atoms with Gasteiger partial charge in [-0.2, -0.15) is 0 Å². The Balaban J connectivity index is 1.39. The molecule has 0 spiro atoms. The lowest BCUT2D eigenvalue weighted by molar-refractivity contribution is -0.153. The van der Waals surface area contributed by atoms with Crippen LogP contribution in [0.3, 0.4) is 0 Å². The summed E-state index contributed by atoms with van der Waals surface area (Å²) >= 11 is 0. The molecule has 1 N–H and O–H groups in total. The van der Waals surface area contributed by atoms with Crippen molar-refractivity contribution in [2.75, 3.05) is 5.32 Å². The van der Waals surface area contributed by atoms with Gasteiger partial charge in [0.25, 0.3) is 5.91 Å². The summed E-state index contributed by atoms with van der Waals surface area (Å²) in [4.78, 5) is 63.4. The van der Waals surface area contributed by atoms with Gasteiger partial charge in [-0.3, -0.25) is 24.0 Å². The summed E-state index contributed by atoms with van der Waals surface area (Å²) in [6, 6.07) is 16.5. The largest absolute Gasteiger partial charge is 0.453 e. The minimum atomic E-state index is -1.17. The Hall–Kier alpha value is -4.39. The minimum Gasteiger partial charge on any atom is -0.453 e. The lowest BCUT2D eigenvalue weighted by atomic mass is 9.83. The van der Waals surface area contributed by atoms with E-state index in [4.69, 9.17) is 4.74 Å². The van der Waals surface area contributed by atoms with Crippen molar-refractivity contribution in [3.05, 3.63) is 99.6 Å². The van der Waals surface area contributed by atoms with E-state index in [2.05, 4.69) is 5.32 Å². The van der Waals surface area contributed by atoms with Crippen LogP contribution in [0.15, 0.2) is 60.7 Å².